The van der Waals surface area contributed by atoms with Gasteiger partial charge in [0.1, 0.15) is 12.4 Å². The Balaban J connectivity index is 1.97. The van der Waals surface area contributed by atoms with E-state index < -0.39 is 24.3 Å². The van der Waals surface area contributed by atoms with E-state index in [1.807, 2.05) is 0 Å². The number of carbonyl (C=O) groups excluding carboxylic acids is 5. The summed E-state index contributed by atoms with van der Waals surface area (Å²) in [7, 11) is 0. The van der Waals surface area contributed by atoms with E-state index in [0.29, 0.717) is 11.4 Å². The summed E-state index contributed by atoms with van der Waals surface area (Å²) in [6.07, 6.45) is 3.09. The number of aryl methyl sites for hydroxylation is 1. The fourth-order valence-electron chi connectivity index (χ4n) is 2.88. The van der Waals surface area contributed by atoms with Crippen molar-refractivity contribution in [3.63, 3.8) is 0 Å². The first kappa shape index (κ1) is 23.3. The Labute approximate surface area is 178 Å². The van der Waals surface area contributed by atoms with Gasteiger partial charge in [0.15, 0.2) is 5.78 Å². The van der Waals surface area contributed by atoms with E-state index >= 15 is 0 Å². The molecule has 0 bridgehead atoms. The van der Waals surface area contributed by atoms with E-state index in [-0.39, 0.29) is 24.2 Å². The second-order valence-electron chi connectivity index (χ2n) is 6.90. The second-order valence-corrected chi connectivity index (χ2v) is 6.90. The standard InChI is InChI=1S/C23H20N2O6/c1-15-3-4-17(10-22(15)25-14-27)9-19(16(2)28)11-21(29)12-31-23(30)18-5-7-20(8-6-18)24-13-26/h3-8,10,19H,9,11-12H2,1-2H3. The Morgan fingerprint density at radius 3 is 2.29 bits per heavy atom. The van der Waals surface area contributed by atoms with Crippen LogP contribution in [0.2, 0.25) is 0 Å². The molecule has 0 N–H and O–H groups in total. The van der Waals surface area contributed by atoms with E-state index in [4.69, 9.17) is 4.74 Å². The molecule has 2 aromatic carbocycles. The highest BCUT2D eigenvalue weighted by molar-refractivity contribution is 5.93. The largest absolute Gasteiger partial charge is 0.454 e. The quantitative estimate of drug-likeness (QED) is 0.330. The van der Waals surface area contributed by atoms with Crippen LogP contribution in [0.5, 0.6) is 0 Å². The van der Waals surface area contributed by atoms with Gasteiger partial charge in [-0.15, -0.1) is 0 Å². The van der Waals surface area contributed by atoms with E-state index in [2.05, 4.69) is 9.98 Å². The zero-order chi connectivity index (χ0) is 22.8. The van der Waals surface area contributed by atoms with Gasteiger partial charge in [0.25, 0.3) is 0 Å². The Hall–Kier alpha value is -3.99. The van der Waals surface area contributed by atoms with Crippen LogP contribution >= 0.6 is 0 Å². The summed E-state index contributed by atoms with van der Waals surface area (Å²) in [6, 6.07) is 11.0. The third-order valence-electron chi connectivity index (χ3n) is 4.61. The van der Waals surface area contributed by atoms with Gasteiger partial charge >= 0.3 is 5.97 Å². The van der Waals surface area contributed by atoms with Gasteiger partial charge < -0.3 is 4.74 Å². The first-order valence-corrected chi connectivity index (χ1v) is 9.38. The molecule has 8 nitrogen and oxygen atoms in total. The molecule has 0 aliphatic rings. The highest BCUT2D eigenvalue weighted by Crippen LogP contribution is 2.23. The smallest absolute Gasteiger partial charge is 0.338 e. The normalized spacial score (nSPS) is 10.9. The molecule has 0 radical (unpaired) electrons. The molecule has 0 amide bonds. The lowest BCUT2D eigenvalue weighted by Gasteiger charge is -2.14. The third kappa shape index (κ3) is 7.08. The molecule has 0 saturated carbocycles. The van der Waals surface area contributed by atoms with Crippen LogP contribution in [-0.2, 0) is 30.3 Å². The Kier molecular flexibility index (Phi) is 8.46. The minimum absolute atomic E-state index is 0.0875. The molecule has 0 aliphatic heterocycles. The lowest BCUT2D eigenvalue weighted by atomic mass is 9.90. The first-order valence-electron chi connectivity index (χ1n) is 9.38. The number of rotatable bonds is 10. The molecule has 1 atom stereocenters. The molecule has 31 heavy (non-hydrogen) atoms. The number of nitrogens with zero attached hydrogens (tertiary/aromatic N) is 2. The minimum Gasteiger partial charge on any atom is -0.454 e. The number of hydrogen-bond donors (Lipinski definition) is 0. The summed E-state index contributed by atoms with van der Waals surface area (Å²) >= 11 is 0. The maximum absolute atomic E-state index is 12.3. The summed E-state index contributed by atoms with van der Waals surface area (Å²) in [5.74, 6) is -1.87. The average Bonchev–Trinajstić information content (AvgIpc) is 2.74. The lowest BCUT2D eigenvalue weighted by Crippen LogP contribution is -2.22. The molecule has 1 unspecified atom stereocenters. The van der Waals surface area contributed by atoms with E-state index in [1.54, 1.807) is 25.1 Å². The number of aliphatic imine (C=N–C) groups is 2. The maximum Gasteiger partial charge on any atom is 0.338 e. The molecule has 2 rings (SSSR count). The molecular formula is C23H20N2O6. The zero-order valence-electron chi connectivity index (χ0n) is 17.1. The van der Waals surface area contributed by atoms with Gasteiger partial charge in [-0.1, -0.05) is 12.1 Å². The number of carbonyl (C=O) groups is 3. The van der Waals surface area contributed by atoms with E-state index in [1.165, 1.54) is 43.3 Å². The zero-order valence-corrected chi connectivity index (χ0v) is 17.1. The Bertz CT molecular complexity index is 1080. The van der Waals surface area contributed by atoms with Crippen LogP contribution in [0.4, 0.5) is 11.4 Å². The highest BCUT2D eigenvalue weighted by atomic mass is 16.5. The summed E-state index contributed by atoms with van der Waals surface area (Å²) in [5, 5.41) is 0. The van der Waals surface area contributed by atoms with Crippen molar-refractivity contribution in [3.8, 4) is 0 Å². The third-order valence-corrected chi connectivity index (χ3v) is 4.61. The van der Waals surface area contributed by atoms with Gasteiger partial charge in [-0.25, -0.2) is 14.4 Å². The summed E-state index contributed by atoms with van der Waals surface area (Å²) in [6.45, 7) is 2.72. The van der Waals surface area contributed by atoms with Crippen LogP contribution in [0.3, 0.4) is 0 Å². The van der Waals surface area contributed by atoms with Crippen molar-refractivity contribution in [1.29, 1.82) is 0 Å². The first-order chi connectivity index (χ1) is 14.8. The van der Waals surface area contributed by atoms with Gasteiger partial charge in [0.2, 0.25) is 12.2 Å². The number of esters is 1. The van der Waals surface area contributed by atoms with Crippen molar-refractivity contribution in [2.75, 3.05) is 6.61 Å². The molecule has 0 aliphatic carbocycles. The van der Waals surface area contributed by atoms with Crippen LogP contribution in [0.1, 0.15) is 34.8 Å². The van der Waals surface area contributed by atoms with Crippen LogP contribution in [0.25, 0.3) is 0 Å². The molecule has 8 heteroatoms. The topological polar surface area (TPSA) is 119 Å². The molecule has 158 valence electrons. The van der Waals surface area contributed by atoms with Crippen molar-refractivity contribution < 1.29 is 28.7 Å². The van der Waals surface area contributed by atoms with Gasteiger partial charge in [0.05, 0.1) is 16.9 Å². The number of ether oxygens (including phenoxy) is 1. The second kappa shape index (κ2) is 11.3. The van der Waals surface area contributed by atoms with Gasteiger partial charge in [-0.2, -0.15) is 9.98 Å². The SMILES string of the molecule is CC(=O)C(CC(=O)COC(=O)c1ccc(N=C=O)cc1)Cc1ccc(C)c(N=C=O)c1. The van der Waals surface area contributed by atoms with Gasteiger partial charge in [0, 0.05) is 12.3 Å². The van der Waals surface area contributed by atoms with Gasteiger partial charge in [-0.3, -0.25) is 9.59 Å². The molecule has 0 heterocycles. The number of ketones is 2. The Morgan fingerprint density at radius 2 is 1.68 bits per heavy atom. The molecule has 2 aromatic rings. The summed E-state index contributed by atoms with van der Waals surface area (Å²) in [4.78, 5) is 64.2. The summed E-state index contributed by atoms with van der Waals surface area (Å²) in [5.41, 5.74) is 2.54. The number of isocyanates is 2. The fourth-order valence-corrected chi connectivity index (χ4v) is 2.88. The van der Waals surface area contributed by atoms with E-state index in [9.17, 15) is 24.0 Å². The Morgan fingerprint density at radius 1 is 1.00 bits per heavy atom. The van der Waals surface area contributed by atoms with Crippen molar-refractivity contribution in [2.45, 2.75) is 26.7 Å². The van der Waals surface area contributed by atoms with Crippen molar-refractivity contribution in [1.82, 2.24) is 0 Å². The number of hydrogen-bond acceptors (Lipinski definition) is 8. The molecule has 0 saturated heterocycles. The van der Waals surface area contributed by atoms with Gasteiger partial charge in [-0.05, 0) is 61.7 Å². The highest BCUT2D eigenvalue weighted by Gasteiger charge is 2.21. The van der Waals surface area contributed by atoms with Crippen molar-refractivity contribution in [3.05, 3.63) is 59.2 Å². The molecular weight excluding hydrogens is 400 g/mol. The van der Waals surface area contributed by atoms with Crippen molar-refractivity contribution >= 4 is 41.1 Å². The lowest BCUT2D eigenvalue weighted by molar-refractivity contribution is -0.128. The molecule has 0 aromatic heterocycles. The minimum atomic E-state index is -0.704. The number of benzene rings is 2. The molecule has 0 fully saturated rings. The van der Waals surface area contributed by atoms with Crippen LogP contribution in [-0.4, -0.2) is 36.3 Å². The van der Waals surface area contributed by atoms with E-state index in [0.717, 1.165) is 11.1 Å². The van der Waals surface area contributed by atoms with Crippen LogP contribution < -0.4 is 0 Å². The maximum atomic E-state index is 12.3. The monoisotopic (exact) mass is 420 g/mol. The fraction of sp³-hybridized carbons (Fsp3) is 0.261. The van der Waals surface area contributed by atoms with Crippen LogP contribution in [0.15, 0.2) is 52.4 Å². The average molecular weight is 420 g/mol. The predicted octanol–water partition coefficient (Wildman–Crippen LogP) is 3.49. The van der Waals surface area contributed by atoms with Crippen molar-refractivity contribution in [2.24, 2.45) is 15.9 Å². The van der Waals surface area contributed by atoms with Crippen LogP contribution in [0, 0.1) is 12.8 Å². The summed E-state index contributed by atoms with van der Waals surface area (Å²) < 4.78 is 5.02. The predicted molar refractivity (Wildman–Crippen MR) is 111 cm³/mol. The molecule has 0 spiro atoms. The number of Topliss-reactive ketones (excluding diaryl/α,β-unsaturated/α-hetero) is 2.